The molecule has 0 saturated carbocycles. The van der Waals surface area contributed by atoms with Gasteiger partial charge in [0, 0.05) is 15.7 Å². The average Bonchev–Trinajstić information content (AvgIpc) is 2.99. The van der Waals surface area contributed by atoms with Crippen molar-refractivity contribution in [2.24, 2.45) is 5.16 Å². The Labute approximate surface area is 172 Å². The number of rotatable bonds is 4. The molecule has 0 atom stereocenters. The van der Waals surface area contributed by atoms with Crippen molar-refractivity contribution in [1.29, 1.82) is 0 Å². The van der Waals surface area contributed by atoms with Crippen LogP contribution in [-0.4, -0.2) is 10.9 Å². The van der Waals surface area contributed by atoms with Gasteiger partial charge in [-0.05, 0) is 47.8 Å². The number of halogens is 4. The van der Waals surface area contributed by atoms with Crippen molar-refractivity contribution < 1.29 is 5.21 Å². The van der Waals surface area contributed by atoms with Crippen molar-refractivity contribution in [3.8, 4) is 0 Å². The smallest absolute Gasteiger partial charge is 0.130 e. The molecule has 0 unspecified atom stereocenters. The van der Waals surface area contributed by atoms with Crippen molar-refractivity contribution in [3.05, 3.63) is 77.8 Å². The van der Waals surface area contributed by atoms with Crippen LogP contribution in [0.3, 0.4) is 0 Å². The van der Waals surface area contributed by atoms with E-state index < -0.39 is 0 Å². The number of thiophene rings is 1. The molecule has 0 saturated heterocycles. The van der Waals surface area contributed by atoms with Gasteiger partial charge in [0.2, 0.25) is 0 Å². The molecular weight excluding hydrogens is 467 g/mol. The van der Waals surface area contributed by atoms with E-state index in [1.807, 2.05) is 23.6 Å². The number of hydrogen-bond donors (Lipinski definition) is 2. The molecule has 0 bridgehead atoms. The summed E-state index contributed by atoms with van der Waals surface area (Å²) in [6.45, 7) is 0. The van der Waals surface area contributed by atoms with Crippen LogP contribution in [0.2, 0.25) is 15.1 Å². The Morgan fingerprint density at radius 2 is 1.80 bits per heavy atom. The number of benzene rings is 2. The minimum absolute atomic E-state index is 0.332. The molecule has 3 nitrogen and oxygen atoms in total. The highest BCUT2D eigenvalue weighted by Crippen LogP contribution is 2.32. The third-order valence-corrected chi connectivity index (χ3v) is 5.83. The van der Waals surface area contributed by atoms with Gasteiger partial charge in [0.25, 0.3) is 0 Å². The highest BCUT2D eigenvalue weighted by atomic mass is 79.9. The van der Waals surface area contributed by atoms with Gasteiger partial charge in [-0.3, -0.25) is 0 Å². The monoisotopic (exact) mass is 474 g/mol. The average molecular weight is 477 g/mol. The van der Waals surface area contributed by atoms with Crippen LogP contribution in [0.25, 0.3) is 0 Å². The Hall–Kier alpha value is -1.24. The summed E-state index contributed by atoms with van der Waals surface area (Å²) in [4.78, 5) is 0.655. The zero-order chi connectivity index (χ0) is 18.0. The van der Waals surface area contributed by atoms with Gasteiger partial charge in [0.05, 0.1) is 25.6 Å². The number of oxime groups is 1. The fourth-order valence-electron chi connectivity index (χ4n) is 2.22. The SMILES string of the molecule is ON=C(c1ccc(Nc2ccc(Br)cc2Cl)cc1Cl)c1sccc1Cl. The molecule has 2 aromatic carbocycles. The van der Waals surface area contributed by atoms with Crippen LogP contribution in [0.15, 0.2) is 57.5 Å². The van der Waals surface area contributed by atoms with Gasteiger partial charge in [-0.15, -0.1) is 11.3 Å². The second-order valence-electron chi connectivity index (χ2n) is 4.99. The number of anilines is 2. The third-order valence-electron chi connectivity index (χ3n) is 3.37. The number of hydrogen-bond acceptors (Lipinski definition) is 4. The molecule has 0 radical (unpaired) electrons. The van der Waals surface area contributed by atoms with E-state index in [9.17, 15) is 5.21 Å². The van der Waals surface area contributed by atoms with Crippen molar-refractivity contribution in [2.45, 2.75) is 0 Å². The van der Waals surface area contributed by atoms with E-state index in [1.54, 1.807) is 24.3 Å². The van der Waals surface area contributed by atoms with Crippen LogP contribution in [0.1, 0.15) is 10.4 Å². The fraction of sp³-hybridized carbons (Fsp3) is 0. The molecule has 1 heterocycles. The lowest BCUT2D eigenvalue weighted by Gasteiger charge is -2.11. The summed E-state index contributed by atoms with van der Waals surface area (Å²) in [5.74, 6) is 0. The first-order valence-corrected chi connectivity index (χ1v) is 9.77. The molecule has 0 amide bonds. The molecule has 128 valence electrons. The minimum atomic E-state index is 0.332. The van der Waals surface area contributed by atoms with E-state index in [2.05, 4.69) is 26.4 Å². The maximum absolute atomic E-state index is 9.41. The Morgan fingerprint density at radius 3 is 2.40 bits per heavy atom. The van der Waals surface area contributed by atoms with E-state index >= 15 is 0 Å². The van der Waals surface area contributed by atoms with Gasteiger partial charge in [-0.1, -0.05) is 55.9 Å². The van der Waals surface area contributed by atoms with Crippen LogP contribution < -0.4 is 5.32 Å². The first kappa shape index (κ1) is 18.5. The van der Waals surface area contributed by atoms with E-state index in [4.69, 9.17) is 34.8 Å². The zero-order valence-electron chi connectivity index (χ0n) is 12.4. The zero-order valence-corrected chi connectivity index (χ0v) is 17.1. The van der Waals surface area contributed by atoms with E-state index in [-0.39, 0.29) is 0 Å². The molecular formula is C17H10BrCl3N2OS. The normalized spacial score (nSPS) is 11.6. The Kier molecular flexibility index (Phi) is 5.92. The molecule has 8 heteroatoms. The summed E-state index contributed by atoms with van der Waals surface area (Å²) < 4.78 is 0.896. The maximum atomic E-state index is 9.41. The molecule has 3 rings (SSSR count). The summed E-state index contributed by atoms with van der Waals surface area (Å²) in [5.41, 5.74) is 2.43. The summed E-state index contributed by atoms with van der Waals surface area (Å²) in [5, 5.41) is 19.3. The molecule has 0 fully saturated rings. The predicted octanol–water partition coefficient (Wildman–Crippen LogP) is 7.44. The molecule has 0 aliphatic heterocycles. The topological polar surface area (TPSA) is 44.6 Å². The molecule has 1 aromatic heterocycles. The first-order valence-electron chi connectivity index (χ1n) is 6.97. The van der Waals surface area contributed by atoms with Gasteiger partial charge in [0.15, 0.2) is 0 Å². The molecule has 2 N–H and O–H groups in total. The van der Waals surface area contributed by atoms with Crippen molar-refractivity contribution in [1.82, 2.24) is 0 Å². The standard InChI is InChI=1S/C17H10BrCl3N2OS/c18-9-1-4-15(14(21)7-9)22-10-2-3-11(13(20)8-10)16(23-24)17-12(19)5-6-25-17/h1-8,22,24H. The second-order valence-corrected chi connectivity index (χ2v) is 8.04. The van der Waals surface area contributed by atoms with Gasteiger partial charge >= 0.3 is 0 Å². The highest BCUT2D eigenvalue weighted by molar-refractivity contribution is 9.10. The van der Waals surface area contributed by atoms with Gasteiger partial charge in [-0.25, -0.2) is 0 Å². The Balaban J connectivity index is 1.92. The largest absolute Gasteiger partial charge is 0.410 e. The summed E-state index contributed by atoms with van der Waals surface area (Å²) in [6.07, 6.45) is 0. The summed E-state index contributed by atoms with van der Waals surface area (Å²) in [7, 11) is 0. The highest BCUT2D eigenvalue weighted by Gasteiger charge is 2.16. The Bertz CT molecular complexity index is 959. The van der Waals surface area contributed by atoms with Crippen LogP contribution in [-0.2, 0) is 0 Å². The number of nitrogens with one attached hydrogen (secondary N) is 1. The molecule has 0 aliphatic rings. The van der Waals surface area contributed by atoms with Crippen molar-refractivity contribution in [2.75, 3.05) is 5.32 Å². The molecule has 3 aromatic rings. The van der Waals surface area contributed by atoms with Crippen LogP contribution >= 0.6 is 62.1 Å². The fourth-order valence-corrected chi connectivity index (χ4v) is 4.35. The lowest BCUT2D eigenvalue weighted by Crippen LogP contribution is -2.03. The van der Waals surface area contributed by atoms with E-state index in [1.165, 1.54) is 11.3 Å². The summed E-state index contributed by atoms with van der Waals surface area (Å²) in [6, 6.07) is 12.6. The van der Waals surface area contributed by atoms with Crippen LogP contribution in [0.4, 0.5) is 11.4 Å². The van der Waals surface area contributed by atoms with E-state index in [0.717, 1.165) is 15.8 Å². The maximum Gasteiger partial charge on any atom is 0.130 e. The lowest BCUT2D eigenvalue weighted by atomic mass is 10.1. The molecule has 25 heavy (non-hydrogen) atoms. The van der Waals surface area contributed by atoms with Crippen molar-refractivity contribution >= 4 is 79.2 Å². The van der Waals surface area contributed by atoms with Gasteiger partial charge in [-0.2, -0.15) is 0 Å². The minimum Gasteiger partial charge on any atom is -0.410 e. The second kappa shape index (κ2) is 7.98. The molecule has 0 aliphatic carbocycles. The van der Waals surface area contributed by atoms with Gasteiger partial charge < -0.3 is 10.5 Å². The van der Waals surface area contributed by atoms with Crippen LogP contribution in [0.5, 0.6) is 0 Å². The van der Waals surface area contributed by atoms with E-state index in [0.29, 0.717) is 31.2 Å². The Morgan fingerprint density at radius 1 is 1.00 bits per heavy atom. The number of nitrogens with zero attached hydrogens (tertiary/aromatic N) is 1. The molecule has 0 spiro atoms. The summed E-state index contributed by atoms with van der Waals surface area (Å²) >= 11 is 23.5. The van der Waals surface area contributed by atoms with Gasteiger partial charge in [0.1, 0.15) is 5.71 Å². The third kappa shape index (κ3) is 4.13. The van der Waals surface area contributed by atoms with Crippen molar-refractivity contribution in [3.63, 3.8) is 0 Å². The first-order chi connectivity index (χ1) is 12.0. The quantitative estimate of drug-likeness (QED) is 0.233. The van der Waals surface area contributed by atoms with Crippen LogP contribution in [0, 0.1) is 0 Å². The predicted molar refractivity (Wildman–Crippen MR) is 111 cm³/mol. The lowest BCUT2D eigenvalue weighted by molar-refractivity contribution is 0.320.